The van der Waals surface area contributed by atoms with Crippen LogP contribution in [0.15, 0.2) is 146 Å². The van der Waals surface area contributed by atoms with Gasteiger partial charge in [-0.05, 0) is 75.8 Å². The molecule has 0 saturated heterocycles. The van der Waals surface area contributed by atoms with Crippen molar-refractivity contribution in [1.82, 2.24) is 24.9 Å². The number of thiazole rings is 2. The van der Waals surface area contributed by atoms with Crippen molar-refractivity contribution >= 4 is 56.4 Å². The van der Waals surface area contributed by atoms with Crippen LogP contribution in [0.4, 0.5) is 0 Å². The molecule has 0 aliphatic heterocycles. The molecular formula is C44H33N5S2Si. The number of para-hydroxylation sites is 2. The van der Waals surface area contributed by atoms with Gasteiger partial charge in [0.25, 0.3) is 0 Å². The van der Waals surface area contributed by atoms with Gasteiger partial charge in [-0.25, -0.2) is 24.9 Å². The summed E-state index contributed by atoms with van der Waals surface area (Å²) in [6, 6.07) is 51.4. The first-order chi connectivity index (χ1) is 25.3. The van der Waals surface area contributed by atoms with Gasteiger partial charge in [0.2, 0.25) is 0 Å². The van der Waals surface area contributed by atoms with Crippen molar-refractivity contribution in [3.63, 3.8) is 0 Å². The van der Waals surface area contributed by atoms with Crippen LogP contribution < -0.4 is 5.19 Å². The second-order valence-electron chi connectivity index (χ2n) is 13.8. The van der Waals surface area contributed by atoms with Gasteiger partial charge in [0.15, 0.2) is 27.5 Å². The molecule has 0 aliphatic carbocycles. The topological polar surface area (TPSA) is 64.5 Å². The molecule has 6 aromatic carbocycles. The van der Waals surface area contributed by atoms with Crippen molar-refractivity contribution < 1.29 is 0 Å². The molecule has 9 aromatic rings. The molecule has 0 radical (unpaired) electrons. The molecule has 0 aliphatic rings. The molecule has 250 valence electrons. The second kappa shape index (κ2) is 13.1. The summed E-state index contributed by atoms with van der Waals surface area (Å²) < 4.78 is 2.18. The molecule has 0 saturated carbocycles. The van der Waals surface area contributed by atoms with Gasteiger partial charge in [-0.2, -0.15) is 0 Å². The third-order valence-corrected chi connectivity index (χ3v) is 13.3. The minimum atomic E-state index is -1.35. The predicted octanol–water partition coefficient (Wildman–Crippen LogP) is 11.6. The molecule has 9 rings (SSSR count). The quantitative estimate of drug-likeness (QED) is 0.153. The smallest absolute Gasteiger partial charge is 0.192 e. The van der Waals surface area contributed by atoms with Gasteiger partial charge in [-0.3, -0.25) is 0 Å². The summed E-state index contributed by atoms with van der Waals surface area (Å²) in [4.78, 5) is 24.7. The molecule has 0 spiro atoms. The summed E-state index contributed by atoms with van der Waals surface area (Å²) in [6.45, 7) is 7.16. The molecule has 8 heteroatoms. The van der Waals surface area contributed by atoms with Crippen LogP contribution >= 0.6 is 22.7 Å². The molecule has 3 aromatic heterocycles. The molecule has 52 heavy (non-hydrogen) atoms. The Morgan fingerprint density at radius 3 is 1.23 bits per heavy atom. The first-order valence-corrected chi connectivity index (χ1v) is 22.4. The van der Waals surface area contributed by atoms with Crippen LogP contribution in [0, 0.1) is 0 Å². The minimum Gasteiger partial charge on any atom is -0.233 e. The average Bonchev–Trinajstić information content (AvgIpc) is 3.83. The first-order valence-electron chi connectivity index (χ1n) is 17.2. The molecule has 0 atom stereocenters. The van der Waals surface area contributed by atoms with Gasteiger partial charge in [0.1, 0.15) is 0 Å². The van der Waals surface area contributed by atoms with E-state index in [1.807, 2.05) is 36.4 Å². The van der Waals surface area contributed by atoms with E-state index in [0.717, 1.165) is 47.1 Å². The van der Waals surface area contributed by atoms with Crippen LogP contribution in [0.2, 0.25) is 19.6 Å². The predicted molar refractivity (Wildman–Crippen MR) is 222 cm³/mol. The van der Waals surface area contributed by atoms with E-state index in [2.05, 4.69) is 129 Å². The van der Waals surface area contributed by atoms with E-state index in [9.17, 15) is 0 Å². The third kappa shape index (κ3) is 6.37. The van der Waals surface area contributed by atoms with Crippen LogP contribution in [-0.2, 0) is 0 Å². The van der Waals surface area contributed by atoms with Crippen LogP contribution in [0.1, 0.15) is 0 Å². The molecular weight excluding hydrogens is 691 g/mol. The SMILES string of the molecule is C[Si](C)(C)c1ccc(-c2cccc(-c3cccc(-c4cccc(-c5nc(-c6nc7ccccc7s6)nc(-c6nc7ccccc7s6)n5)c4)c3)c2)cc1. The maximum atomic E-state index is 5.01. The molecule has 0 unspecified atom stereocenters. The number of aromatic nitrogens is 5. The summed E-state index contributed by atoms with van der Waals surface area (Å²) in [5.41, 5.74) is 9.77. The lowest BCUT2D eigenvalue weighted by atomic mass is 9.95. The van der Waals surface area contributed by atoms with Gasteiger partial charge in [-0.1, -0.05) is 128 Å². The maximum absolute atomic E-state index is 5.01. The summed E-state index contributed by atoms with van der Waals surface area (Å²) in [5.74, 6) is 1.68. The van der Waals surface area contributed by atoms with Gasteiger partial charge < -0.3 is 0 Å². The zero-order valence-corrected chi connectivity index (χ0v) is 31.5. The molecule has 0 amide bonds. The van der Waals surface area contributed by atoms with E-state index >= 15 is 0 Å². The lowest BCUT2D eigenvalue weighted by Crippen LogP contribution is -2.37. The van der Waals surface area contributed by atoms with E-state index in [0.29, 0.717) is 17.5 Å². The molecule has 0 fully saturated rings. The van der Waals surface area contributed by atoms with Gasteiger partial charge in [-0.15, -0.1) is 22.7 Å². The first kappa shape index (κ1) is 32.2. The fraction of sp³-hybridized carbons (Fsp3) is 0.0682. The normalized spacial score (nSPS) is 11.8. The summed E-state index contributed by atoms with van der Waals surface area (Å²) in [5, 5.41) is 2.98. The fourth-order valence-electron chi connectivity index (χ4n) is 6.39. The number of rotatable bonds is 7. The highest BCUT2D eigenvalue weighted by atomic mass is 32.1. The van der Waals surface area contributed by atoms with Gasteiger partial charge in [0, 0.05) is 5.56 Å². The van der Waals surface area contributed by atoms with Crippen molar-refractivity contribution in [1.29, 1.82) is 0 Å². The van der Waals surface area contributed by atoms with Crippen LogP contribution in [0.5, 0.6) is 0 Å². The molecule has 0 bridgehead atoms. The Kier molecular flexibility index (Phi) is 8.15. The van der Waals surface area contributed by atoms with Gasteiger partial charge in [0.05, 0.1) is 28.5 Å². The number of benzene rings is 6. The summed E-state index contributed by atoms with van der Waals surface area (Å²) in [6.07, 6.45) is 0. The lowest BCUT2D eigenvalue weighted by Gasteiger charge is -2.17. The van der Waals surface area contributed by atoms with E-state index in [-0.39, 0.29) is 0 Å². The van der Waals surface area contributed by atoms with Crippen LogP contribution in [-0.4, -0.2) is 33.0 Å². The van der Waals surface area contributed by atoms with Crippen molar-refractivity contribution in [2.24, 2.45) is 0 Å². The average molecular weight is 724 g/mol. The lowest BCUT2D eigenvalue weighted by molar-refractivity contribution is 1.07. The maximum Gasteiger partial charge on any atom is 0.192 e. The van der Waals surface area contributed by atoms with Gasteiger partial charge >= 0.3 is 0 Å². The number of fused-ring (bicyclic) bond motifs is 2. The van der Waals surface area contributed by atoms with Crippen molar-refractivity contribution in [2.75, 3.05) is 0 Å². The highest BCUT2D eigenvalue weighted by molar-refractivity contribution is 7.22. The number of nitrogens with zero attached hydrogens (tertiary/aromatic N) is 5. The monoisotopic (exact) mass is 723 g/mol. The zero-order valence-electron chi connectivity index (χ0n) is 28.9. The highest BCUT2D eigenvalue weighted by Gasteiger charge is 2.19. The van der Waals surface area contributed by atoms with E-state index in [1.165, 1.54) is 27.4 Å². The molecule has 5 nitrogen and oxygen atoms in total. The van der Waals surface area contributed by atoms with E-state index in [4.69, 9.17) is 24.9 Å². The van der Waals surface area contributed by atoms with Crippen LogP contribution in [0.25, 0.3) is 86.9 Å². The number of hydrogen-bond acceptors (Lipinski definition) is 7. The van der Waals surface area contributed by atoms with Crippen molar-refractivity contribution in [3.8, 4) is 66.4 Å². The Morgan fingerprint density at radius 1 is 0.365 bits per heavy atom. The van der Waals surface area contributed by atoms with Crippen molar-refractivity contribution in [2.45, 2.75) is 19.6 Å². The Labute approximate surface area is 311 Å². The molecule has 0 N–H and O–H groups in total. The number of hydrogen-bond donors (Lipinski definition) is 0. The third-order valence-electron chi connectivity index (χ3n) is 9.20. The summed E-state index contributed by atoms with van der Waals surface area (Å²) in [7, 11) is -1.35. The fourth-order valence-corrected chi connectivity index (χ4v) is 9.36. The van der Waals surface area contributed by atoms with E-state index in [1.54, 1.807) is 22.7 Å². The van der Waals surface area contributed by atoms with Crippen molar-refractivity contribution in [3.05, 3.63) is 146 Å². The Balaban J connectivity index is 1.09. The largest absolute Gasteiger partial charge is 0.233 e. The standard InChI is InChI=1S/C44H33N5S2Si/c1-52(2,3)35-23-21-28(22-24-35)29-11-8-12-30(25-29)31-13-9-14-32(26-31)33-15-10-16-34(27-33)40-47-41(43-45-36-17-4-6-19-38(36)50-43)49-42(48-40)44-46-37-18-5-7-20-39(37)51-44/h4-27H,1-3H3. The Bertz CT molecular complexity index is 2590. The zero-order chi connectivity index (χ0) is 35.2. The minimum absolute atomic E-state index is 0.544. The van der Waals surface area contributed by atoms with E-state index < -0.39 is 8.07 Å². The Hall–Kier alpha value is -5.67. The second-order valence-corrected chi connectivity index (χ2v) is 21.0. The summed E-state index contributed by atoms with van der Waals surface area (Å²) >= 11 is 3.17. The molecule has 3 heterocycles. The van der Waals surface area contributed by atoms with Crippen LogP contribution in [0.3, 0.4) is 0 Å². The highest BCUT2D eigenvalue weighted by Crippen LogP contribution is 2.35. The Morgan fingerprint density at radius 2 is 0.769 bits per heavy atom.